The lowest BCUT2D eigenvalue weighted by Crippen LogP contribution is -2.35. The summed E-state index contributed by atoms with van der Waals surface area (Å²) in [6, 6.07) is 0. The van der Waals surface area contributed by atoms with Crippen LogP contribution in [0.25, 0.3) is 0 Å². The molecule has 1 fully saturated rings. The molecule has 12 heavy (non-hydrogen) atoms. The maximum Gasteiger partial charge on any atom is 0.0647 e. The molecule has 0 amide bonds. The van der Waals surface area contributed by atoms with E-state index in [9.17, 15) is 5.11 Å². The van der Waals surface area contributed by atoms with Crippen LogP contribution in [-0.2, 0) is 0 Å². The molecular formula is C11H22O. The van der Waals surface area contributed by atoms with Gasteiger partial charge in [0.25, 0.3) is 0 Å². The van der Waals surface area contributed by atoms with E-state index in [-0.39, 0.29) is 16.9 Å². The Hall–Kier alpha value is -0.0400. The van der Waals surface area contributed by atoms with Crippen LogP contribution in [0.2, 0.25) is 0 Å². The van der Waals surface area contributed by atoms with Gasteiger partial charge in [0.2, 0.25) is 0 Å². The molecule has 1 N–H and O–H groups in total. The fourth-order valence-corrected chi connectivity index (χ4v) is 2.58. The van der Waals surface area contributed by atoms with Crippen LogP contribution in [0, 0.1) is 16.7 Å². The fourth-order valence-electron chi connectivity index (χ4n) is 2.58. The molecule has 0 aromatic carbocycles. The highest BCUT2D eigenvalue weighted by molar-refractivity contribution is 5.01. The molecule has 1 rings (SSSR count). The molecule has 1 aliphatic carbocycles. The van der Waals surface area contributed by atoms with E-state index in [1.54, 1.807) is 0 Å². The van der Waals surface area contributed by atoms with Crippen LogP contribution in [-0.4, -0.2) is 11.2 Å². The third kappa shape index (κ3) is 1.19. The summed E-state index contributed by atoms with van der Waals surface area (Å²) in [6.45, 7) is 11.0. The lowest BCUT2D eigenvalue weighted by Gasteiger charge is -2.33. The Morgan fingerprint density at radius 3 is 2.00 bits per heavy atom. The number of hydrogen-bond donors (Lipinski definition) is 1. The third-order valence-electron chi connectivity index (χ3n) is 4.22. The summed E-state index contributed by atoms with van der Waals surface area (Å²) in [4.78, 5) is 0. The van der Waals surface area contributed by atoms with Gasteiger partial charge in [-0.05, 0) is 29.6 Å². The Kier molecular flexibility index (Phi) is 2.28. The number of hydrogen-bond acceptors (Lipinski definition) is 1. The minimum absolute atomic E-state index is 0.102. The Morgan fingerprint density at radius 2 is 1.83 bits per heavy atom. The normalized spacial score (nSPS) is 46.5. The van der Waals surface area contributed by atoms with Crippen molar-refractivity contribution in [3.8, 4) is 0 Å². The van der Waals surface area contributed by atoms with E-state index < -0.39 is 0 Å². The van der Waals surface area contributed by atoms with E-state index in [0.29, 0.717) is 5.92 Å². The standard InChI is InChI=1S/C11H22O/c1-6-11(5)7-8(2)10(3,4)9(11)12/h8-9,12H,6-7H2,1-5H3. The SMILES string of the molecule is CCC1(C)CC(C)C(C)(C)C1O. The summed E-state index contributed by atoms with van der Waals surface area (Å²) in [5.74, 6) is 0.637. The summed E-state index contributed by atoms with van der Waals surface area (Å²) >= 11 is 0. The molecule has 0 spiro atoms. The van der Waals surface area contributed by atoms with Gasteiger partial charge in [-0.15, -0.1) is 0 Å². The monoisotopic (exact) mass is 170 g/mol. The Bertz CT molecular complexity index is 174. The lowest BCUT2D eigenvalue weighted by atomic mass is 9.77. The first-order valence-corrected chi connectivity index (χ1v) is 5.02. The van der Waals surface area contributed by atoms with Crippen molar-refractivity contribution in [1.29, 1.82) is 0 Å². The van der Waals surface area contributed by atoms with Crippen LogP contribution in [0.3, 0.4) is 0 Å². The van der Waals surface area contributed by atoms with Gasteiger partial charge in [0.05, 0.1) is 6.10 Å². The first kappa shape index (κ1) is 10.0. The zero-order valence-corrected chi connectivity index (χ0v) is 9.02. The first-order chi connectivity index (χ1) is 5.34. The molecule has 3 atom stereocenters. The van der Waals surface area contributed by atoms with E-state index >= 15 is 0 Å². The summed E-state index contributed by atoms with van der Waals surface area (Å²) in [5, 5.41) is 10.1. The summed E-state index contributed by atoms with van der Waals surface area (Å²) in [7, 11) is 0. The Labute approximate surface area is 76.2 Å². The topological polar surface area (TPSA) is 20.2 Å². The molecule has 0 heterocycles. The van der Waals surface area contributed by atoms with Crippen molar-refractivity contribution >= 4 is 0 Å². The van der Waals surface area contributed by atoms with E-state index in [2.05, 4.69) is 34.6 Å². The van der Waals surface area contributed by atoms with Gasteiger partial charge in [-0.25, -0.2) is 0 Å². The van der Waals surface area contributed by atoms with Crippen LogP contribution in [0.4, 0.5) is 0 Å². The van der Waals surface area contributed by atoms with Crippen molar-refractivity contribution < 1.29 is 5.11 Å². The molecule has 0 aromatic heterocycles. The van der Waals surface area contributed by atoms with Gasteiger partial charge in [0.1, 0.15) is 0 Å². The molecule has 1 saturated carbocycles. The molecule has 0 saturated heterocycles. The van der Waals surface area contributed by atoms with Crippen molar-refractivity contribution in [3.05, 3.63) is 0 Å². The average molecular weight is 170 g/mol. The van der Waals surface area contributed by atoms with Crippen molar-refractivity contribution in [2.75, 3.05) is 0 Å². The summed E-state index contributed by atoms with van der Waals surface area (Å²) in [6.07, 6.45) is 2.12. The zero-order chi connectivity index (χ0) is 9.57. The van der Waals surface area contributed by atoms with Crippen LogP contribution in [0.5, 0.6) is 0 Å². The van der Waals surface area contributed by atoms with Crippen LogP contribution in [0.1, 0.15) is 47.5 Å². The van der Waals surface area contributed by atoms with Crippen LogP contribution >= 0.6 is 0 Å². The number of rotatable bonds is 1. The minimum Gasteiger partial charge on any atom is -0.392 e. The van der Waals surface area contributed by atoms with Gasteiger partial charge in [-0.3, -0.25) is 0 Å². The van der Waals surface area contributed by atoms with Crippen molar-refractivity contribution in [3.63, 3.8) is 0 Å². The summed E-state index contributed by atoms with van der Waals surface area (Å²) < 4.78 is 0. The zero-order valence-electron chi connectivity index (χ0n) is 9.02. The van der Waals surface area contributed by atoms with Crippen molar-refractivity contribution in [1.82, 2.24) is 0 Å². The molecule has 3 unspecified atom stereocenters. The Morgan fingerprint density at radius 1 is 1.33 bits per heavy atom. The molecule has 0 bridgehead atoms. The highest BCUT2D eigenvalue weighted by Crippen LogP contribution is 2.54. The number of aliphatic hydroxyl groups is 1. The quantitative estimate of drug-likeness (QED) is 0.641. The van der Waals surface area contributed by atoms with E-state index in [1.807, 2.05) is 0 Å². The molecular weight excluding hydrogens is 148 g/mol. The smallest absolute Gasteiger partial charge is 0.0647 e. The molecule has 72 valence electrons. The largest absolute Gasteiger partial charge is 0.392 e. The summed E-state index contributed by atoms with van der Waals surface area (Å²) in [5.41, 5.74) is 0.258. The molecule has 1 nitrogen and oxygen atoms in total. The molecule has 1 heteroatoms. The highest BCUT2D eigenvalue weighted by atomic mass is 16.3. The molecule has 0 aromatic rings. The lowest BCUT2D eigenvalue weighted by molar-refractivity contribution is -0.00818. The first-order valence-electron chi connectivity index (χ1n) is 5.02. The van der Waals surface area contributed by atoms with Crippen LogP contribution < -0.4 is 0 Å². The van der Waals surface area contributed by atoms with Crippen molar-refractivity contribution in [2.24, 2.45) is 16.7 Å². The maximum absolute atomic E-state index is 10.1. The second-order valence-corrected chi connectivity index (χ2v) is 5.34. The maximum atomic E-state index is 10.1. The minimum atomic E-state index is -0.134. The fraction of sp³-hybridized carbons (Fsp3) is 1.00. The van der Waals surface area contributed by atoms with Gasteiger partial charge in [0, 0.05) is 0 Å². The van der Waals surface area contributed by atoms with Gasteiger partial charge in [-0.2, -0.15) is 0 Å². The van der Waals surface area contributed by atoms with Gasteiger partial charge in [-0.1, -0.05) is 34.6 Å². The predicted molar refractivity (Wildman–Crippen MR) is 52.0 cm³/mol. The average Bonchev–Trinajstić information content (AvgIpc) is 2.14. The Balaban J connectivity index is 2.90. The van der Waals surface area contributed by atoms with Gasteiger partial charge < -0.3 is 5.11 Å². The second kappa shape index (κ2) is 2.73. The third-order valence-corrected chi connectivity index (χ3v) is 4.22. The van der Waals surface area contributed by atoms with E-state index in [0.717, 1.165) is 12.8 Å². The van der Waals surface area contributed by atoms with Crippen LogP contribution in [0.15, 0.2) is 0 Å². The van der Waals surface area contributed by atoms with Gasteiger partial charge >= 0.3 is 0 Å². The number of aliphatic hydroxyl groups excluding tert-OH is 1. The highest BCUT2D eigenvalue weighted by Gasteiger charge is 2.51. The molecule has 1 aliphatic rings. The second-order valence-electron chi connectivity index (χ2n) is 5.34. The molecule has 0 radical (unpaired) electrons. The van der Waals surface area contributed by atoms with Crippen molar-refractivity contribution in [2.45, 2.75) is 53.6 Å². The van der Waals surface area contributed by atoms with E-state index in [4.69, 9.17) is 0 Å². The van der Waals surface area contributed by atoms with Gasteiger partial charge in [0.15, 0.2) is 0 Å². The van der Waals surface area contributed by atoms with E-state index in [1.165, 1.54) is 0 Å². The predicted octanol–water partition coefficient (Wildman–Crippen LogP) is 2.83. The molecule has 0 aliphatic heterocycles.